The third-order valence-electron chi connectivity index (χ3n) is 6.03. The van der Waals surface area contributed by atoms with Crippen LogP contribution in [0.3, 0.4) is 0 Å². The third-order valence-corrected chi connectivity index (χ3v) is 6.03. The number of nitrogen functional groups attached to an aromatic ring is 1. The maximum absolute atomic E-state index is 15.2. The highest BCUT2D eigenvalue weighted by Gasteiger charge is 2.37. The second-order valence-corrected chi connectivity index (χ2v) is 8.09. The molecular formula is C23H20F3N5O. The highest BCUT2D eigenvalue weighted by Crippen LogP contribution is 2.38. The van der Waals surface area contributed by atoms with E-state index in [1.54, 1.807) is 16.8 Å². The number of hydrogen-bond donors (Lipinski definition) is 1. The summed E-state index contributed by atoms with van der Waals surface area (Å²) in [7, 11) is 1.81. The Labute approximate surface area is 181 Å². The summed E-state index contributed by atoms with van der Waals surface area (Å²) in [5.41, 5.74) is 8.35. The van der Waals surface area contributed by atoms with Crippen molar-refractivity contribution in [2.24, 2.45) is 13.0 Å². The maximum atomic E-state index is 15.2. The Morgan fingerprint density at radius 3 is 2.78 bits per heavy atom. The van der Waals surface area contributed by atoms with E-state index in [9.17, 15) is 13.6 Å². The van der Waals surface area contributed by atoms with Crippen LogP contribution < -0.4 is 10.6 Å². The molecule has 2 aliphatic rings. The van der Waals surface area contributed by atoms with Crippen molar-refractivity contribution < 1.29 is 18.0 Å². The highest BCUT2D eigenvalue weighted by atomic mass is 19.1. The molecule has 0 spiro atoms. The summed E-state index contributed by atoms with van der Waals surface area (Å²) < 4.78 is 44.3. The van der Waals surface area contributed by atoms with Crippen LogP contribution in [0.4, 0.5) is 24.7 Å². The van der Waals surface area contributed by atoms with Gasteiger partial charge in [-0.25, -0.2) is 23.1 Å². The number of halogens is 3. The molecule has 1 amide bonds. The molecule has 5 rings (SSSR count). The van der Waals surface area contributed by atoms with Gasteiger partial charge in [-0.3, -0.25) is 4.79 Å². The second kappa shape index (κ2) is 7.51. The summed E-state index contributed by atoms with van der Waals surface area (Å²) in [5.74, 6) is -1.93. The molecule has 1 fully saturated rings. The van der Waals surface area contributed by atoms with E-state index in [0.717, 1.165) is 0 Å². The number of nitrogens with two attached hydrogens (primary N) is 1. The van der Waals surface area contributed by atoms with Gasteiger partial charge in [0.2, 0.25) is 5.91 Å². The molecule has 2 aromatic heterocycles. The molecule has 1 aromatic carbocycles. The van der Waals surface area contributed by atoms with Gasteiger partial charge in [-0.2, -0.15) is 0 Å². The van der Waals surface area contributed by atoms with E-state index in [1.807, 2.05) is 7.05 Å². The number of alkyl halides is 1. The minimum atomic E-state index is -1.45. The fourth-order valence-electron chi connectivity index (χ4n) is 4.53. The number of fused-ring (bicyclic) bond motifs is 1. The Morgan fingerprint density at radius 1 is 1.22 bits per heavy atom. The van der Waals surface area contributed by atoms with Crippen LogP contribution in [0.15, 0.2) is 54.3 Å². The average molecular weight is 439 g/mol. The Morgan fingerprint density at radius 2 is 2.03 bits per heavy atom. The molecule has 6 nitrogen and oxygen atoms in total. The lowest BCUT2D eigenvalue weighted by molar-refractivity contribution is -0.119. The summed E-state index contributed by atoms with van der Waals surface area (Å²) in [6.45, 7) is 0.262. The van der Waals surface area contributed by atoms with Crippen LogP contribution in [-0.4, -0.2) is 33.2 Å². The van der Waals surface area contributed by atoms with Crippen LogP contribution in [0, 0.1) is 11.7 Å². The molecule has 1 saturated heterocycles. The number of rotatable bonds is 3. The molecule has 0 saturated carbocycles. The summed E-state index contributed by atoms with van der Waals surface area (Å²) in [4.78, 5) is 22.5. The van der Waals surface area contributed by atoms with E-state index < -0.39 is 23.7 Å². The molecule has 2 unspecified atom stereocenters. The van der Waals surface area contributed by atoms with Gasteiger partial charge < -0.3 is 15.2 Å². The van der Waals surface area contributed by atoms with E-state index >= 15 is 4.39 Å². The van der Waals surface area contributed by atoms with Gasteiger partial charge in [-0.05, 0) is 41.8 Å². The summed E-state index contributed by atoms with van der Waals surface area (Å²) >= 11 is 0. The number of anilines is 2. The Hall–Kier alpha value is -3.62. The molecule has 9 heteroatoms. The van der Waals surface area contributed by atoms with Crippen LogP contribution in [0.5, 0.6) is 0 Å². The zero-order chi connectivity index (χ0) is 22.6. The van der Waals surface area contributed by atoms with Crippen molar-refractivity contribution in [3.8, 4) is 11.1 Å². The monoisotopic (exact) mass is 439 g/mol. The van der Waals surface area contributed by atoms with E-state index in [0.29, 0.717) is 40.0 Å². The van der Waals surface area contributed by atoms with Crippen LogP contribution in [0.25, 0.3) is 22.2 Å². The number of carbonyl (C=O) groups excluding carboxylic acids is 1. The van der Waals surface area contributed by atoms with Crippen LogP contribution in [0.1, 0.15) is 12.8 Å². The van der Waals surface area contributed by atoms with Crippen molar-refractivity contribution in [1.29, 1.82) is 0 Å². The lowest BCUT2D eigenvalue weighted by atomic mass is 9.92. The fourth-order valence-corrected chi connectivity index (χ4v) is 4.53. The molecule has 2 N–H and O–H groups in total. The lowest BCUT2D eigenvalue weighted by Gasteiger charge is -2.20. The van der Waals surface area contributed by atoms with E-state index in [1.165, 1.54) is 35.5 Å². The summed E-state index contributed by atoms with van der Waals surface area (Å²) in [5, 5.41) is 0.623. The number of benzene rings is 1. The van der Waals surface area contributed by atoms with Crippen LogP contribution in [0.2, 0.25) is 0 Å². The molecule has 1 aliphatic heterocycles. The number of aryl methyl sites for hydroxylation is 1. The van der Waals surface area contributed by atoms with E-state index in [-0.39, 0.29) is 24.6 Å². The summed E-state index contributed by atoms with van der Waals surface area (Å²) in [6, 6.07) is 4.58. The van der Waals surface area contributed by atoms with Gasteiger partial charge in [-0.1, -0.05) is 6.07 Å². The quantitative estimate of drug-likeness (QED) is 0.663. The number of carbonyl (C=O) groups is 1. The van der Waals surface area contributed by atoms with Gasteiger partial charge in [0.15, 0.2) is 0 Å². The van der Waals surface area contributed by atoms with E-state index in [4.69, 9.17) is 5.73 Å². The van der Waals surface area contributed by atoms with Crippen molar-refractivity contribution in [2.45, 2.75) is 19.0 Å². The van der Waals surface area contributed by atoms with Gasteiger partial charge in [0, 0.05) is 31.8 Å². The van der Waals surface area contributed by atoms with Crippen molar-refractivity contribution in [3.05, 3.63) is 60.1 Å². The molecule has 32 heavy (non-hydrogen) atoms. The first kappa shape index (κ1) is 20.3. The second-order valence-electron chi connectivity index (χ2n) is 8.09. The Kier molecular flexibility index (Phi) is 4.76. The molecular weight excluding hydrogens is 419 g/mol. The normalized spacial score (nSPS) is 21.2. The largest absolute Gasteiger partial charge is 0.383 e. The minimum absolute atomic E-state index is 0.128. The molecule has 1 aliphatic carbocycles. The standard InChI is InChI=1S/C23H20F3N5O/c1-30-10-17(20-21(27)28-11-29-22(20)30)12-2-3-19(18(26)8-12)31-5-4-16(23(31)32)13-6-14(24)9-15(25)7-13/h2-3,6-8,10-11,14,16H,4-5,9H2,1H3,(H2,27,28,29). The van der Waals surface area contributed by atoms with Crippen molar-refractivity contribution >= 4 is 28.4 Å². The first-order valence-electron chi connectivity index (χ1n) is 10.2. The molecule has 2 atom stereocenters. The first-order chi connectivity index (χ1) is 15.3. The van der Waals surface area contributed by atoms with Crippen LogP contribution >= 0.6 is 0 Å². The zero-order valence-corrected chi connectivity index (χ0v) is 17.2. The predicted octanol–water partition coefficient (Wildman–Crippen LogP) is 4.23. The molecule has 0 bridgehead atoms. The Bertz CT molecular complexity index is 1310. The van der Waals surface area contributed by atoms with Gasteiger partial charge >= 0.3 is 0 Å². The third kappa shape index (κ3) is 3.24. The van der Waals surface area contributed by atoms with Crippen molar-refractivity contribution in [1.82, 2.24) is 14.5 Å². The van der Waals surface area contributed by atoms with Crippen molar-refractivity contribution in [2.75, 3.05) is 17.2 Å². The number of allylic oxidation sites excluding steroid dienone is 3. The van der Waals surface area contributed by atoms with Gasteiger partial charge in [0.1, 0.15) is 35.6 Å². The van der Waals surface area contributed by atoms with E-state index in [2.05, 4.69) is 9.97 Å². The number of hydrogen-bond acceptors (Lipinski definition) is 4. The van der Waals surface area contributed by atoms with Crippen LogP contribution in [-0.2, 0) is 11.8 Å². The predicted molar refractivity (Wildman–Crippen MR) is 116 cm³/mol. The molecule has 164 valence electrons. The SMILES string of the molecule is Cn1cc(-c2ccc(N3CCC(C4=CC(F)CC(F)=C4)C3=O)c(F)c2)c2c(N)ncnc21. The number of amides is 1. The molecule has 3 heterocycles. The zero-order valence-electron chi connectivity index (χ0n) is 17.2. The smallest absolute Gasteiger partial charge is 0.234 e. The van der Waals surface area contributed by atoms with Gasteiger partial charge in [-0.15, -0.1) is 0 Å². The first-order valence-corrected chi connectivity index (χ1v) is 10.2. The molecule has 3 aromatic rings. The lowest BCUT2D eigenvalue weighted by Crippen LogP contribution is -2.28. The number of nitrogens with zero attached hydrogens (tertiary/aromatic N) is 4. The topological polar surface area (TPSA) is 77.0 Å². The number of aromatic nitrogens is 3. The minimum Gasteiger partial charge on any atom is -0.383 e. The fraction of sp³-hybridized carbons (Fsp3) is 0.261. The van der Waals surface area contributed by atoms with Gasteiger partial charge in [0.05, 0.1) is 17.0 Å². The Balaban J connectivity index is 1.47. The van der Waals surface area contributed by atoms with Crippen molar-refractivity contribution in [3.63, 3.8) is 0 Å². The summed E-state index contributed by atoms with van der Waals surface area (Å²) in [6.07, 6.45) is 4.26. The highest BCUT2D eigenvalue weighted by molar-refractivity contribution is 6.02. The maximum Gasteiger partial charge on any atom is 0.234 e. The van der Waals surface area contributed by atoms with Gasteiger partial charge in [0.25, 0.3) is 0 Å². The average Bonchev–Trinajstić information content (AvgIpc) is 3.28. The molecule has 0 radical (unpaired) electrons.